The van der Waals surface area contributed by atoms with Crippen molar-refractivity contribution in [2.75, 3.05) is 32.9 Å². The summed E-state index contributed by atoms with van der Waals surface area (Å²) in [6.07, 6.45) is 21.5. The van der Waals surface area contributed by atoms with Gasteiger partial charge in [-0.05, 0) is 25.0 Å². The summed E-state index contributed by atoms with van der Waals surface area (Å²) in [6, 6.07) is 8.82. The zero-order chi connectivity index (χ0) is 32.4. The fourth-order valence-corrected chi connectivity index (χ4v) is 8.20. The minimum absolute atomic E-state index is 0.0801. The molecule has 0 bridgehead atoms. The highest BCUT2D eigenvalue weighted by Gasteiger charge is 2.47. The minimum Gasteiger partial charge on any atom is -0.756 e. The molecular formula is C36H62NO7P. The van der Waals surface area contributed by atoms with Crippen LogP contribution in [0.15, 0.2) is 24.3 Å². The van der Waals surface area contributed by atoms with Gasteiger partial charge in [-0.3, -0.25) is 13.8 Å². The average Bonchev–Trinajstić information content (AvgIpc) is 3.61. The molecule has 2 aliphatic heterocycles. The maximum Gasteiger partial charge on any atom is 0.303 e. The van der Waals surface area contributed by atoms with E-state index in [1.165, 1.54) is 115 Å². The van der Waals surface area contributed by atoms with E-state index in [1.807, 2.05) is 12.1 Å². The van der Waals surface area contributed by atoms with Crippen LogP contribution in [0.25, 0.3) is 0 Å². The van der Waals surface area contributed by atoms with Crippen molar-refractivity contribution in [3.63, 3.8) is 0 Å². The average molecular weight is 652 g/mol. The maximum absolute atomic E-state index is 12.7. The number of ether oxygens (including phenoxy) is 2. The molecule has 0 saturated carbocycles. The highest BCUT2D eigenvalue weighted by molar-refractivity contribution is 7.45. The molecular weight excluding hydrogens is 589 g/mol. The van der Waals surface area contributed by atoms with Crippen LogP contribution in [0.3, 0.4) is 0 Å². The maximum atomic E-state index is 12.7. The molecule has 3 rings (SSSR count). The number of phosphoric ester groups is 1. The van der Waals surface area contributed by atoms with Crippen LogP contribution in [-0.2, 0) is 27.9 Å². The van der Waals surface area contributed by atoms with Crippen LogP contribution in [0, 0.1) is 0 Å². The van der Waals surface area contributed by atoms with Gasteiger partial charge in [0.1, 0.15) is 11.8 Å². The Bertz CT molecular complexity index is 1010. The predicted molar refractivity (Wildman–Crippen MR) is 180 cm³/mol. The quantitative estimate of drug-likeness (QED) is 0.0451. The number of quaternary nitrogens is 1. The summed E-state index contributed by atoms with van der Waals surface area (Å²) in [5.41, 5.74) is 2.06. The molecule has 0 amide bonds. The third kappa shape index (κ3) is 13.8. The van der Waals surface area contributed by atoms with Gasteiger partial charge in [0.15, 0.2) is 0 Å². The summed E-state index contributed by atoms with van der Waals surface area (Å²) < 4.78 is 35.4. The number of phosphoric acid groups is 1. The second kappa shape index (κ2) is 20.8. The molecule has 1 aromatic carbocycles. The lowest BCUT2D eigenvalue weighted by Gasteiger charge is -2.35. The number of carbonyl (C=O) groups is 1. The Morgan fingerprint density at radius 2 is 1.49 bits per heavy atom. The second-order valence-electron chi connectivity index (χ2n) is 13.4. The van der Waals surface area contributed by atoms with Crippen molar-refractivity contribution in [1.82, 2.24) is 4.48 Å². The van der Waals surface area contributed by atoms with Gasteiger partial charge in [-0.1, -0.05) is 103 Å². The van der Waals surface area contributed by atoms with Crippen molar-refractivity contribution in [3.8, 4) is 0 Å². The molecule has 2 aliphatic rings. The molecule has 2 saturated heterocycles. The molecule has 2 fully saturated rings. The minimum atomic E-state index is -4.65. The Labute approximate surface area is 273 Å². The first-order valence-electron chi connectivity index (χ1n) is 18.1. The molecule has 0 N–H and O–H groups in total. The van der Waals surface area contributed by atoms with E-state index < -0.39 is 26.0 Å². The van der Waals surface area contributed by atoms with Crippen LogP contribution in [0.2, 0.25) is 0 Å². The smallest absolute Gasteiger partial charge is 0.303 e. The zero-order valence-electron chi connectivity index (χ0n) is 28.6. The highest BCUT2D eigenvalue weighted by Crippen LogP contribution is 2.46. The summed E-state index contributed by atoms with van der Waals surface area (Å²) in [4.78, 5) is 24.4. The van der Waals surface area contributed by atoms with E-state index in [1.54, 1.807) is 6.92 Å². The normalized spacial score (nSPS) is 22.2. The number of unbranched alkanes of at least 4 members (excludes halogenated alkanes) is 13. The predicted octanol–water partition coefficient (Wildman–Crippen LogP) is 8.94. The van der Waals surface area contributed by atoms with Crippen molar-refractivity contribution in [2.45, 2.75) is 155 Å². The first-order chi connectivity index (χ1) is 21.8. The van der Waals surface area contributed by atoms with Gasteiger partial charge >= 0.3 is 5.97 Å². The Balaban J connectivity index is 1.29. The molecule has 2 heterocycles. The van der Waals surface area contributed by atoms with E-state index in [9.17, 15) is 14.3 Å². The third-order valence-corrected chi connectivity index (χ3v) is 10.8. The topological polar surface area (TPSA) is 94.1 Å². The van der Waals surface area contributed by atoms with E-state index in [2.05, 4.69) is 19.1 Å². The van der Waals surface area contributed by atoms with Crippen LogP contribution in [0.1, 0.15) is 148 Å². The summed E-state index contributed by atoms with van der Waals surface area (Å²) in [7, 11) is -4.65. The van der Waals surface area contributed by atoms with Crippen LogP contribution < -0.4 is 9.38 Å². The van der Waals surface area contributed by atoms with E-state index >= 15 is 0 Å². The van der Waals surface area contributed by atoms with Gasteiger partial charge in [0, 0.05) is 45.3 Å². The van der Waals surface area contributed by atoms with Crippen molar-refractivity contribution in [1.29, 1.82) is 0 Å². The molecule has 3 atom stereocenters. The number of fused-ring (bicyclic) bond motifs is 1. The van der Waals surface area contributed by atoms with E-state index in [0.29, 0.717) is 12.6 Å². The number of hydrogen-bond acceptors (Lipinski definition) is 7. The van der Waals surface area contributed by atoms with Gasteiger partial charge in [0.25, 0.3) is 7.82 Å². The SMILES string of the molecule is CCCCCCCCCCCCCCCCOCC(COP(=O)([O-])OC(C)c1cccc([N+]23CCCC2CCC3)c1)OC(C)=O. The first kappa shape index (κ1) is 38.2. The lowest BCUT2D eigenvalue weighted by molar-refractivity contribution is -0.232. The zero-order valence-corrected chi connectivity index (χ0v) is 29.5. The second-order valence-corrected chi connectivity index (χ2v) is 14.8. The Hall–Kier alpha value is -1.28. The molecule has 3 unspecified atom stereocenters. The Morgan fingerprint density at radius 3 is 2.07 bits per heavy atom. The van der Waals surface area contributed by atoms with Crippen molar-refractivity contribution < 1.29 is 32.8 Å². The molecule has 0 aromatic heterocycles. The van der Waals surface area contributed by atoms with Gasteiger partial charge in [0.2, 0.25) is 0 Å². The monoisotopic (exact) mass is 651 g/mol. The number of nitrogens with zero attached hydrogens (tertiary/aromatic N) is 1. The molecule has 9 heteroatoms. The fraction of sp³-hybridized carbons (Fsp3) is 0.806. The van der Waals surface area contributed by atoms with Crippen LogP contribution in [0.5, 0.6) is 0 Å². The molecule has 0 aliphatic carbocycles. The summed E-state index contributed by atoms with van der Waals surface area (Å²) in [6.45, 7) is 7.84. The van der Waals surface area contributed by atoms with E-state index in [0.717, 1.165) is 36.0 Å². The van der Waals surface area contributed by atoms with E-state index in [-0.39, 0.29) is 13.2 Å². The number of carbonyl (C=O) groups excluding carboxylic acids is 1. The molecule has 258 valence electrons. The molecule has 1 aromatic rings. The van der Waals surface area contributed by atoms with Gasteiger partial charge < -0.3 is 23.4 Å². The van der Waals surface area contributed by atoms with Gasteiger partial charge in [-0.25, -0.2) is 0 Å². The van der Waals surface area contributed by atoms with Gasteiger partial charge in [0.05, 0.1) is 38.4 Å². The van der Waals surface area contributed by atoms with Crippen molar-refractivity contribution in [2.24, 2.45) is 0 Å². The Kier molecular flexibility index (Phi) is 17.7. The van der Waals surface area contributed by atoms with Gasteiger partial charge in [-0.2, -0.15) is 0 Å². The lowest BCUT2D eigenvalue weighted by atomic mass is 10.0. The molecule has 0 radical (unpaired) electrons. The summed E-state index contributed by atoms with van der Waals surface area (Å²) >= 11 is 0. The van der Waals surface area contributed by atoms with Crippen LogP contribution in [0.4, 0.5) is 5.69 Å². The van der Waals surface area contributed by atoms with E-state index in [4.69, 9.17) is 18.5 Å². The standard InChI is InChI=1S/C36H62NO7P/c1-4-5-6-7-8-9-10-11-12-13-14-15-16-17-27-41-29-36(43-32(3)38)30-42-45(39,40)44-31(2)33-21-18-22-35(28-33)37-25-19-23-34(37)24-20-26-37/h18,21-22,28,31,34,36H,4-17,19-20,23-27,29-30H2,1-3H3. The molecule has 45 heavy (non-hydrogen) atoms. The summed E-state index contributed by atoms with van der Waals surface area (Å²) in [5.74, 6) is -0.509. The lowest BCUT2D eigenvalue weighted by Crippen LogP contribution is -2.48. The highest BCUT2D eigenvalue weighted by atomic mass is 31.2. The number of rotatable bonds is 25. The third-order valence-electron chi connectivity index (χ3n) is 9.73. The fourth-order valence-electron chi connectivity index (χ4n) is 7.28. The molecule has 8 nitrogen and oxygen atoms in total. The van der Waals surface area contributed by atoms with Crippen molar-refractivity contribution in [3.05, 3.63) is 29.8 Å². The number of benzene rings is 1. The Morgan fingerprint density at radius 1 is 0.911 bits per heavy atom. The first-order valence-corrected chi connectivity index (χ1v) is 19.6. The number of hydrogen-bond donors (Lipinski definition) is 0. The van der Waals surface area contributed by atoms with Crippen LogP contribution in [-0.4, -0.2) is 51.0 Å². The van der Waals surface area contributed by atoms with Crippen molar-refractivity contribution >= 4 is 19.5 Å². The molecule has 0 spiro atoms. The number of esters is 1. The van der Waals surface area contributed by atoms with Crippen LogP contribution >= 0.6 is 7.82 Å². The summed E-state index contributed by atoms with van der Waals surface area (Å²) in [5, 5.41) is 0. The van der Waals surface area contributed by atoms with Gasteiger partial charge in [-0.15, -0.1) is 0 Å². The largest absolute Gasteiger partial charge is 0.756 e.